The van der Waals surface area contributed by atoms with E-state index < -0.39 is 24.2 Å². The van der Waals surface area contributed by atoms with Crippen molar-refractivity contribution in [3.05, 3.63) is 23.8 Å². The summed E-state index contributed by atoms with van der Waals surface area (Å²) in [7, 11) is -0.491. The number of nitrogens with two attached hydrogens (primary N) is 2. The molecule has 1 saturated heterocycles. The molecule has 0 saturated carbocycles. The monoisotopic (exact) mass is 262 g/mol. The van der Waals surface area contributed by atoms with Crippen LogP contribution in [0, 0.1) is 0 Å². The van der Waals surface area contributed by atoms with E-state index >= 15 is 0 Å². The quantitative estimate of drug-likeness (QED) is 0.605. The Morgan fingerprint density at radius 1 is 1.16 bits per heavy atom. The van der Waals surface area contributed by atoms with Gasteiger partial charge < -0.3 is 20.8 Å². The van der Waals surface area contributed by atoms with Crippen molar-refractivity contribution in [3.8, 4) is 0 Å². The van der Waals surface area contributed by atoms with Crippen molar-refractivity contribution in [2.45, 2.75) is 38.9 Å². The molecule has 1 heterocycles. The predicted molar refractivity (Wildman–Crippen MR) is 75.1 cm³/mol. The van der Waals surface area contributed by atoms with Gasteiger partial charge in [0.05, 0.1) is 16.8 Å². The summed E-state index contributed by atoms with van der Waals surface area (Å²) in [6, 6.07) is 5.01. The molecule has 0 atom stereocenters. The van der Waals surface area contributed by atoms with Gasteiger partial charge in [0, 0.05) is 5.69 Å². The van der Waals surface area contributed by atoms with Gasteiger partial charge in [0.15, 0.2) is 0 Å². The zero-order chi connectivity index (χ0) is 14.4. The summed E-state index contributed by atoms with van der Waals surface area (Å²) >= 11 is 0. The molecule has 0 aromatic heterocycles. The zero-order valence-corrected chi connectivity index (χ0v) is 11.7. The third kappa shape index (κ3) is 2.33. The van der Waals surface area contributed by atoms with Gasteiger partial charge in [0.25, 0.3) is 5.91 Å². The lowest BCUT2D eigenvalue weighted by atomic mass is 9.78. The lowest BCUT2D eigenvalue weighted by molar-refractivity contribution is 0.00578. The van der Waals surface area contributed by atoms with Crippen molar-refractivity contribution in [3.63, 3.8) is 0 Å². The van der Waals surface area contributed by atoms with Gasteiger partial charge in [-0.15, -0.1) is 0 Å². The highest BCUT2D eigenvalue weighted by Gasteiger charge is 2.51. The van der Waals surface area contributed by atoms with Crippen molar-refractivity contribution in [2.75, 3.05) is 5.73 Å². The number of benzene rings is 1. The first-order valence-electron chi connectivity index (χ1n) is 6.19. The highest BCUT2D eigenvalue weighted by atomic mass is 16.7. The van der Waals surface area contributed by atoms with E-state index in [0.29, 0.717) is 11.3 Å². The first-order valence-corrected chi connectivity index (χ1v) is 6.19. The second-order valence-corrected chi connectivity index (χ2v) is 5.80. The van der Waals surface area contributed by atoms with Crippen LogP contribution >= 0.6 is 0 Å². The number of anilines is 1. The Kier molecular flexibility index (Phi) is 3.11. The molecule has 1 aliphatic rings. The van der Waals surface area contributed by atoms with E-state index in [1.165, 1.54) is 0 Å². The molecule has 0 spiro atoms. The number of hydrogen-bond donors (Lipinski definition) is 2. The second-order valence-electron chi connectivity index (χ2n) is 5.80. The van der Waals surface area contributed by atoms with Crippen LogP contribution in [0.5, 0.6) is 0 Å². The molecule has 1 aromatic carbocycles. The molecule has 0 bridgehead atoms. The van der Waals surface area contributed by atoms with Crippen LogP contribution in [-0.2, 0) is 9.31 Å². The largest absolute Gasteiger partial charge is 0.494 e. The number of amides is 1. The summed E-state index contributed by atoms with van der Waals surface area (Å²) in [6.07, 6.45) is 0. The summed E-state index contributed by atoms with van der Waals surface area (Å²) in [4.78, 5) is 11.1. The van der Waals surface area contributed by atoms with Crippen LogP contribution in [0.2, 0.25) is 0 Å². The molecular formula is C13H19BN2O3. The fourth-order valence-electron chi connectivity index (χ4n) is 1.93. The van der Waals surface area contributed by atoms with Gasteiger partial charge in [-0.3, -0.25) is 4.79 Å². The molecule has 1 amide bonds. The highest BCUT2D eigenvalue weighted by molar-refractivity contribution is 6.62. The summed E-state index contributed by atoms with van der Waals surface area (Å²) < 4.78 is 11.8. The first-order chi connectivity index (χ1) is 8.64. The average molecular weight is 262 g/mol. The molecule has 1 aromatic rings. The molecule has 1 aliphatic heterocycles. The van der Waals surface area contributed by atoms with Crippen molar-refractivity contribution in [1.82, 2.24) is 0 Å². The average Bonchev–Trinajstić information content (AvgIpc) is 2.47. The third-order valence-electron chi connectivity index (χ3n) is 3.87. The molecule has 0 radical (unpaired) electrons. The van der Waals surface area contributed by atoms with E-state index in [-0.39, 0.29) is 0 Å². The second kappa shape index (κ2) is 4.25. The maximum atomic E-state index is 11.1. The van der Waals surface area contributed by atoms with Crippen LogP contribution < -0.4 is 16.9 Å². The Morgan fingerprint density at radius 3 is 2.11 bits per heavy atom. The van der Waals surface area contributed by atoms with Gasteiger partial charge in [-0.25, -0.2) is 0 Å². The standard InChI is InChI=1S/C13H19BN2O3/c1-12(2)13(3,4)19-14(18-12)8-5-6-9(11(16)17)10(15)7-8/h5-7H,15H2,1-4H3,(H2,16,17). The number of carbonyl (C=O) groups is 1. The highest BCUT2D eigenvalue weighted by Crippen LogP contribution is 2.36. The molecule has 1 fully saturated rings. The van der Waals surface area contributed by atoms with E-state index in [1.807, 2.05) is 27.7 Å². The number of hydrogen-bond acceptors (Lipinski definition) is 4. The van der Waals surface area contributed by atoms with Crippen molar-refractivity contribution >= 4 is 24.2 Å². The lowest BCUT2D eigenvalue weighted by Crippen LogP contribution is -2.41. The van der Waals surface area contributed by atoms with Crippen LogP contribution in [0.15, 0.2) is 18.2 Å². The van der Waals surface area contributed by atoms with E-state index in [2.05, 4.69) is 0 Å². The Morgan fingerprint density at radius 2 is 1.68 bits per heavy atom. The Hall–Kier alpha value is -1.53. The lowest BCUT2D eigenvalue weighted by Gasteiger charge is -2.32. The number of primary amides is 1. The zero-order valence-electron chi connectivity index (χ0n) is 11.7. The van der Waals surface area contributed by atoms with Crippen LogP contribution in [0.1, 0.15) is 38.1 Å². The van der Waals surface area contributed by atoms with Gasteiger partial charge in [0.2, 0.25) is 0 Å². The third-order valence-corrected chi connectivity index (χ3v) is 3.87. The Bertz CT molecular complexity index is 513. The first kappa shape index (κ1) is 13.9. The topological polar surface area (TPSA) is 87.6 Å². The van der Waals surface area contributed by atoms with E-state index in [9.17, 15) is 4.79 Å². The molecule has 4 N–H and O–H groups in total. The van der Waals surface area contributed by atoms with Gasteiger partial charge in [0.1, 0.15) is 0 Å². The van der Waals surface area contributed by atoms with Crippen molar-refractivity contribution < 1.29 is 14.1 Å². The van der Waals surface area contributed by atoms with Crippen LogP contribution in [0.25, 0.3) is 0 Å². The molecule has 6 heteroatoms. The minimum atomic E-state index is -0.544. The van der Waals surface area contributed by atoms with Crippen molar-refractivity contribution in [2.24, 2.45) is 5.73 Å². The summed E-state index contributed by atoms with van der Waals surface area (Å²) in [6.45, 7) is 7.92. The summed E-state index contributed by atoms with van der Waals surface area (Å²) in [5.74, 6) is -0.544. The van der Waals surface area contributed by atoms with E-state index in [4.69, 9.17) is 20.8 Å². The Labute approximate surface area is 113 Å². The number of rotatable bonds is 2. The number of carbonyl (C=O) groups excluding carboxylic acids is 1. The maximum Gasteiger partial charge on any atom is 0.494 e. The fourth-order valence-corrected chi connectivity index (χ4v) is 1.93. The molecule has 0 unspecified atom stereocenters. The molecule has 102 valence electrons. The molecule has 19 heavy (non-hydrogen) atoms. The molecule has 5 nitrogen and oxygen atoms in total. The van der Waals surface area contributed by atoms with E-state index in [0.717, 1.165) is 5.46 Å². The van der Waals surface area contributed by atoms with Crippen LogP contribution in [0.3, 0.4) is 0 Å². The maximum absolute atomic E-state index is 11.1. The Balaban J connectivity index is 2.31. The predicted octanol–water partition coefficient (Wildman–Crippen LogP) is 0.667. The normalized spacial score (nSPS) is 20.5. The number of nitrogen functional groups attached to an aromatic ring is 1. The van der Waals surface area contributed by atoms with Gasteiger partial charge in [-0.05, 0) is 45.3 Å². The molecular weight excluding hydrogens is 243 g/mol. The van der Waals surface area contributed by atoms with Crippen LogP contribution in [0.4, 0.5) is 5.69 Å². The van der Waals surface area contributed by atoms with Crippen LogP contribution in [-0.4, -0.2) is 24.2 Å². The summed E-state index contributed by atoms with van der Waals surface area (Å²) in [5.41, 5.74) is 11.6. The van der Waals surface area contributed by atoms with Gasteiger partial charge in [-0.1, -0.05) is 6.07 Å². The van der Waals surface area contributed by atoms with Gasteiger partial charge >= 0.3 is 7.12 Å². The fraction of sp³-hybridized carbons (Fsp3) is 0.462. The summed E-state index contributed by atoms with van der Waals surface area (Å²) in [5, 5.41) is 0. The van der Waals surface area contributed by atoms with E-state index in [1.54, 1.807) is 18.2 Å². The smallest absolute Gasteiger partial charge is 0.399 e. The minimum Gasteiger partial charge on any atom is -0.399 e. The minimum absolute atomic E-state index is 0.306. The molecule has 2 rings (SSSR count). The van der Waals surface area contributed by atoms with Crippen molar-refractivity contribution in [1.29, 1.82) is 0 Å². The molecule has 0 aliphatic carbocycles. The van der Waals surface area contributed by atoms with Gasteiger partial charge in [-0.2, -0.15) is 0 Å². The SMILES string of the molecule is CC1(C)OB(c2ccc(C(N)=O)c(N)c2)OC1(C)C.